The summed E-state index contributed by atoms with van der Waals surface area (Å²) in [5.74, 6) is -0.480. The third kappa shape index (κ3) is 3.94. The average molecular weight is 400 g/mol. The van der Waals surface area contributed by atoms with Crippen LogP contribution in [0.3, 0.4) is 0 Å². The monoisotopic (exact) mass is 400 g/mol. The van der Waals surface area contributed by atoms with Crippen molar-refractivity contribution in [1.29, 1.82) is 0 Å². The fourth-order valence-electron chi connectivity index (χ4n) is 4.26. The van der Waals surface area contributed by atoms with E-state index < -0.39 is 5.41 Å². The summed E-state index contributed by atoms with van der Waals surface area (Å²) in [6, 6.07) is 15.4. The molecule has 1 aliphatic heterocycles. The summed E-state index contributed by atoms with van der Waals surface area (Å²) in [6.45, 7) is 0.912. The molecule has 30 heavy (non-hydrogen) atoms. The summed E-state index contributed by atoms with van der Waals surface area (Å²) < 4.78 is 0. The highest BCUT2D eigenvalue weighted by molar-refractivity contribution is 5.94. The number of rotatable bonds is 5. The molecule has 0 saturated carbocycles. The van der Waals surface area contributed by atoms with Crippen LogP contribution in [0.15, 0.2) is 73.3 Å². The van der Waals surface area contributed by atoms with Crippen LogP contribution in [-0.4, -0.2) is 39.8 Å². The lowest BCUT2D eigenvalue weighted by molar-refractivity contribution is -0.130. The molecule has 2 aromatic heterocycles. The van der Waals surface area contributed by atoms with Crippen LogP contribution in [0.5, 0.6) is 0 Å². The number of piperidine rings is 1. The van der Waals surface area contributed by atoms with Crippen LogP contribution in [0.4, 0.5) is 0 Å². The lowest BCUT2D eigenvalue weighted by atomic mass is 9.73. The number of nitrogens with zero attached hydrogens (tertiary/aromatic N) is 3. The molecule has 0 radical (unpaired) electrons. The standard InChI is InChI=1S/C24H24N4O2/c25-23(30)24(10-4-14-28(17-24)22(29)20-6-3-11-27-16-20)15-19-5-1-2-7-21(19)18-8-12-26-13-9-18/h1-3,5-9,11-13,16H,4,10,14-15,17H2,(H2,25,30). The number of benzene rings is 1. The Morgan fingerprint density at radius 2 is 1.80 bits per heavy atom. The van der Waals surface area contributed by atoms with Crippen LogP contribution in [0.25, 0.3) is 11.1 Å². The summed E-state index contributed by atoms with van der Waals surface area (Å²) >= 11 is 0. The van der Waals surface area contributed by atoms with Crippen molar-refractivity contribution in [3.63, 3.8) is 0 Å². The van der Waals surface area contributed by atoms with Gasteiger partial charge in [0.2, 0.25) is 5.91 Å². The Kier molecular flexibility index (Phi) is 5.57. The molecule has 1 atom stereocenters. The summed E-state index contributed by atoms with van der Waals surface area (Å²) in [7, 11) is 0. The smallest absolute Gasteiger partial charge is 0.255 e. The van der Waals surface area contributed by atoms with Gasteiger partial charge in [0, 0.05) is 37.9 Å². The van der Waals surface area contributed by atoms with Crippen LogP contribution >= 0.6 is 0 Å². The molecule has 1 aromatic carbocycles. The topological polar surface area (TPSA) is 89.2 Å². The van der Waals surface area contributed by atoms with E-state index in [-0.39, 0.29) is 11.8 Å². The van der Waals surface area contributed by atoms with Crippen molar-refractivity contribution in [2.75, 3.05) is 13.1 Å². The highest BCUT2D eigenvalue weighted by atomic mass is 16.2. The van der Waals surface area contributed by atoms with Gasteiger partial charge in [-0.15, -0.1) is 0 Å². The minimum Gasteiger partial charge on any atom is -0.369 e. The Morgan fingerprint density at radius 1 is 1.00 bits per heavy atom. The first-order valence-electron chi connectivity index (χ1n) is 10.1. The number of carbonyl (C=O) groups excluding carboxylic acids is 2. The molecular formula is C24H24N4O2. The van der Waals surface area contributed by atoms with Gasteiger partial charge < -0.3 is 10.6 Å². The van der Waals surface area contributed by atoms with Gasteiger partial charge >= 0.3 is 0 Å². The largest absolute Gasteiger partial charge is 0.369 e. The van der Waals surface area contributed by atoms with E-state index in [1.807, 2.05) is 36.4 Å². The number of amides is 2. The Bertz CT molecular complexity index is 1040. The van der Waals surface area contributed by atoms with Crippen molar-refractivity contribution >= 4 is 11.8 Å². The molecule has 0 bridgehead atoms. The number of hydrogen-bond acceptors (Lipinski definition) is 4. The molecular weight excluding hydrogens is 376 g/mol. The number of pyridine rings is 2. The fraction of sp³-hybridized carbons (Fsp3) is 0.250. The molecule has 3 aromatic rings. The number of aromatic nitrogens is 2. The second kappa shape index (κ2) is 8.45. The van der Waals surface area contributed by atoms with Gasteiger partial charge in [0.25, 0.3) is 5.91 Å². The minimum atomic E-state index is -0.806. The lowest BCUT2D eigenvalue weighted by Crippen LogP contribution is -2.53. The van der Waals surface area contributed by atoms with Crippen molar-refractivity contribution in [2.24, 2.45) is 11.1 Å². The van der Waals surface area contributed by atoms with Crippen LogP contribution in [0.2, 0.25) is 0 Å². The van der Waals surface area contributed by atoms with Crippen LogP contribution < -0.4 is 5.73 Å². The molecule has 3 heterocycles. The van der Waals surface area contributed by atoms with Gasteiger partial charge in [0.1, 0.15) is 0 Å². The first-order valence-corrected chi connectivity index (χ1v) is 10.1. The second-order valence-corrected chi connectivity index (χ2v) is 7.79. The SMILES string of the molecule is NC(=O)C1(Cc2ccccc2-c2ccncc2)CCCN(C(=O)c2cccnc2)C1. The molecule has 0 aliphatic carbocycles. The zero-order chi connectivity index (χ0) is 21.0. The van der Waals surface area contributed by atoms with Gasteiger partial charge in [-0.25, -0.2) is 0 Å². The molecule has 0 spiro atoms. The number of hydrogen-bond donors (Lipinski definition) is 1. The molecule has 1 unspecified atom stereocenters. The Hall–Kier alpha value is -3.54. The molecule has 6 nitrogen and oxygen atoms in total. The Labute approximate surface area is 175 Å². The van der Waals surface area contributed by atoms with Gasteiger partial charge in [0.15, 0.2) is 0 Å². The summed E-state index contributed by atoms with van der Waals surface area (Å²) in [5.41, 5.74) is 8.79. The van der Waals surface area contributed by atoms with Gasteiger partial charge in [0.05, 0.1) is 11.0 Å². The van der Waals surface area contributed by atoms with Gasteiger partial charge in [-0.1, -0.05) is 24.3 Å². The van der Waals surface area contributed by atoms with E-state index in [1.165, 1.54) is 0 Å². The van der Waals surface area contributed by atoms with E-state index in [2.05, 4.69) is 9.97 Å². The minimum absolute atomic E-state index is 0.115. The normalized spacial score (nSPS) is 18.7. The van der Waals surface area contributed by atoms with Crippen molar-refractivity contribution in [3.05, 3.63) is 84.4 Å². The van der Waals surface area contributed by atoms with E-state index in [0.717, 1.165) is 23.1 Å². The molecule has 6 heteroatoms. The number of primary amides is 1. The van der Waals surface area contributed by atoms with Crippen molar-refractivity contribution in [2.45, 2.75) is 19.3 Å². The molecule has 1 fully saturated rings. The molecule has 152 valence electrons. The number of carbonyl (C=O) groups is 2. The maximum Gasteiger partial charge on any atom is 0.255 e. The first-order chi connectivity index (χ1) is 14.6. The predicted octanol–water partition coefficient (Wildman–Crippen LogP) is 3.09. The van der Waals surface area contributed by atoms with E-state index >= 15 is 0 Å². The maximum absolute atomic E-state index is 13.0. The van der Waals surface area contributed by atoms with E-state index in [0.29, 0.717) is 31.5 Å². The van der Waals surface area contributed by atoms with Gasteiger partial charge in [-0.05, 0) is 60.2 Å². The highest BCUT2D eigenvalue weighted by Gasteiger charge is 2.42. The average Bonchev–Trinajstić information content (AvgIpc) is 2.80. The summed E-state index contributed by atoms with van der Waals surface area (Å²) in [6.07, 6.45) is 8.57. The molecule has 1 aliphatic rings. The molecule has 2 amide bonds. The van der Waals surface area contributed by atoms with Gasteiger partial charge in [-0.2, -0.15) is 0 Å². The van der Waals surface area contributed by atoms with E-state index in [9.17, 15) is 9.59 Å². The highest BCUT2D eigenvalue weighted by Crippen LogP contribution is 2.37. The van der Waals surface area contributed by atoms with Crippen LogP contribution in [0.1, 0.15) is 28.8 Å². The predicted molar refractivity (Wildman–Crippen MR) is 114 cm³/mol. The fourth-order valence-corrected chi connectivity index (χ4v) is 4.26. The quantitative estimate of drug-likeness (QED) is 0.713. The molecule has 1 saturated heterocycles. The summed E-state index contributed by atoms with van der Waals surface area (Å²) in [4.78, 5) is 35.5. The van der Waals surface area contributed by atoms with Crippen molar-refractivity contribution in [1.82, 2.24) is 14.9 Å². The first kappa shape index (κ1) is 19.8. The van der Waals surface area contributed by atoms with Crippen molar-refractivity contribution < 1.29 is 9.59 Å². The second-order valence-electron chi connectivity index (χ2n) is 7.79. The zero-order valence-electron chi connectivity index (χ0n) is 16.7. The Balaban J connectivity index is 1.65. The van der Waals surface area contributed by atoms with Gasteiger partial charge in [-0.3, -0.25) is 19.6 Å². The lowest BCUT2D eigenvalue weighted by Gasteiger charge is -2.41. The van der Waals surface area contributed by atoms with Crippen LogP contribution in [0, 0.1) is 5.41 Å². The Morgan fingerprint density at radius 3 is 2.53 bits per heavy atom. The van der Waals surface area contributed by atoms with E-state index in [1.54, 1.807) is 41.8 Å². The maximum atomic E-state index is 13.0. The van der Waals surface area contributed by atoms with Crippen LogP contribution in [-0.2, 0) is 11.2 Å². The zero-order valence-corrected chi connectivity index (χ0v) is 16.7. The van der Waals surface area contributed by atoms with Crippen molar-refractivity contribution in [3.8, 4) is 11.1 Å². The summed E-state index contributed by atoms with van der Waals surface area (Å²) in [5, 5.41) is 0. The molecule has 4 rings (SSSR count). The molecule has 2 N–H and O–H groups in total. The third-order valence-corrected chi connectivity index (χ3v) is 5.83. The number of likely N-dealkylation sites (tertiary alicyclic amines) is 1. The third-order valence-electron chi connectivity index (χ3n) is 5.83. The number of nitrogens with two attached hydrogens (primary N) is 1. The van der Waals surface area contributed by atoms with E-state index in [4.69, 9.17) is 5.73 Å².